The summed E-state index contributed by atoms with van der Waals surface area (Å²) in [6, 6.07) is 8.98. The number of rotatable bonds is 5. The SMILES string of the molecule is NC(=O)Cn1ccc(NC(=O)C2(c3cccc(Cl)c3)CC2)n1. The number of hydrogen-bond donors (Lipinski definition) is 2. The molecule has 0 bridgehead atoms. The smallest absolute Gasteiger partial charge is 0.239 e. The number of anilines is 1. The molecule has 3 N–H and O–H groups in total. The minimum atomic E-state index is -0.529. The van der Waals surface area contributed by atoms with Gasteiger partial charge in [-0.2, -0.15) is 5.10 Å². The summed E-state index contributed by atoms with van der Waals surface area (Å²) in [5, 5.41) is 7.50. The highest BCUT2D eigenvalue weighted by molar-refractivity contribution is 6.30. The van der Waals surface area contributed by atoms with Gasteiger partial charge in [-0.25, -0.2) is 0 Å². The molecule has 2 aromatic rings. The second-order valence-electron chi connectivity index (χ2n) is 5.41. The predicted molar refractivity (Wildman–Crippen MR) is 82.4 cm³/mol. The van der Waals surface area contributed by atoms with E-state index < -0.39 is 11.3 Å². The van der Waals surface area contributed by atoms with Crippen LogP contribution in [-0.4, -0.2) is 21.6 Å². The van der Waals surface area contributed by atoms with Crippen LogP contribution in [0.2, 0.25) is 5.02 Å². The maximum atomic E-state index is 12.5. The Morgan fingerprint density at radius 3 is 2.77 bits per heavy atom. The molecule has 2 amide bonds. The quantitative estimate of drug-likeness (QED) is 0.879. The minimum absolute atomic E-state index is 0.0185. The Bertz CT molecular complexity index is 737. The molecular weight excluding hydrogens is 304 g/mol. The lowest BCUT2D eigenvalue weighted by Gasteiger charge is -2.15. The predicted octanol–water partition coefficient (Wildman–Crippen LogP) is 1.69. The van der Waals surface area contributed by atoms with E-state index in [-0.39, 0.29) is 12.5 Å². The second-order valence-corrected chi connectivity index (χ2v) is 5.85. The van der Waals surface area contributed by atoms with Gasteiger partial charge in [0.05, 0.1) is 5.41 Å². The van der Waals surface area contributed by atoms with Crippen molar-refractivity contribution in [1.29, 1.82) is 0 Å². The number of nitrogens with two attached hydrogens (primary N) is 1. The van der Waals surface area contributed by atoms with Gasteiger partial charge in [-0.1, -0.05) is 23.7 Å². The van der Waals surface area contributed by atoms with Crippen molar-refractivity contribution in [1.82, 2.24) is 9.78 Å². The maximum absolute atomic E-state index is 12.5. The standard InChI is InChI=1S/C15H15ClN4O2/c16-11-3-1-2-10(8-11)15(5-6-15)14(22)18-13-4-7-20(19-13)9-12(17)21/h1-4,7-8H,5-6,9H2,(H2,17,21)(H,18,19,22). The van der Waals surface area contributed by atoms with Crippen molar-refractivity contribution in [3.05, 3.63) is 47.1 Å². The van der Waals surface area contributed by atoms with Crippen molar-refractivity contribution in [3.8, 4) is 0 Å². The van der Waals surface area contributed by atoms with Gasteiger partial charge in [-0.15, -0.1) is 0 Å². The van der Waals surface area contributed by atoms with E-state index in [0.29, 0.717) is 10.8 Å². The molecule has 1 aromatic heterocycles. The van der Waals surface area contributed by atoms with Crippen molar-refractivity contribution in [2.24, 2.45) is 5.73 Å². The van der Waals surface area contributed by atoms with Crippen LogP contribution in [0.3, 0.4) is 0 Å². The number of carbonyl (C=O) groups is 2. The average molecular weight is 319 g/mol. The van der Waals surface area contributed by atoms with Crippen molar-refractivity contribution in [3.63, 3.8) is 0 Å². The van der Waals surface area contributed by atoms with Crippen LogP contribution in [0, 0.1) is 0 Å². The summed E-state index contributed by atoms with van der Waals surface area (Å²) < 4.78 is 1.39. The summed E-state index contributed by atoms with van der Waals surface area (Å²) in [4.78, 5) is 23.4. The van der Waals surface area contributed by atoms with E-state index in [4.69, 9.17) is 17.3 Å². The molecule has 1 aromatic carbocycles. The van der Waals surface area contributed by atoms with Crippen LogP contribution in [0.25, 0.3) is 0 Å². The van der Waals surface area contributed by atoms with E-state index in [2.05, 4.69) is 10.4 Å². The van der Waals surface area contributed by atoms with Gasteiger partial charge in [-0.3, -0.25) is 14.3 Å². The molecular formula is C15H15ClN4O2. The first-order valence-electron chi connectivity index (χ1n) is 6.89. The Morgan fingerprint density at radius 2 is 2.14 bits per heavy atom. The van der Waals surface area contributed by atoms with Crippen LogP contribution in [-0.2, 0) is 21.5 Å². The van der Waals surface area contributed by atoms with E-state index in [1.165, 1.54) is 4.68 Å². The van der Waals surface area contributed by atoms with Gasteiger partial charge in [0, 0.05) is 17.3 Å². The van der Waals surface area contributed by atoms with Crippen LogP contribution in [0.5, 0.6) is 0 Å². The van der Waals surface area contributed by atoms with Gasteiger partial charge >= 0.3 is 0 Å². The summed E-state index contributed by atoms with van der Waals surface area (Å²) >= 11 is 6.00. The van der Waals surface area contributed by atoms with Crippen LogP contribution in [0.1, 0.15) is 18.4 Å². The van der Waals surface area contributed by atoms with E-state index >= 15 is 0 Å². The Balaban J connectivity index is 1.74. The van der Waals surface area contributed by atoms with Gasteiger partial charge in [0.2, 0.25) is 11.8 Å². The van der Waals surface area contributed by atoms with Gasteiger partial charge < -0.3 is 11.1 Å². The lowest BCUT2D eigenvalue weighted by atomic mass is 9.95. The number of primary amides is 1. The fourth-order valence-electron chi connectivity index (χ4n) is 2.47. The summed E-state index contributed by atoms with van der Waals surface area (Å²) in [5.41, 5.74) is 5.49. The highest BCUT2D eigenvalue weighted by Crippen LogP contribution is 2.49. The largest absolute Gasteiger partial charge is 0.368 e. The number of nitrogens with one attached hydrogen (secondary N) is 1. The van der Waals surface area contributed by atoms with Gasteiger partial charge in [0.1, 0.15) is 6.54 Å². The van der Waals surface area contributed by atoms with E-state index in [1.54, 1.807) is 18.3 Å². The summed E-state index contributed by atoms with van der Waals surface area (Å²) in [7, 11) is 0. The zero-order valence-corrected chi connectivity index (χ0v) is 12.5. The third-order valence-corrected chi connectivity index (χ3v) is 4.00. The maximum Gasteiger partial charge on any atom is 0.239 e. The van der Waals surface area contributed by atoms with Crippen molar-refractivity contribution >= 4 is 29.2 Å². The van der Waals surface area contributed by atoms with Crippen LogP contribution in [0.15, 0.2) is 36.5 Å². The monoisotopic (exact) mass is 318 g/mol. The molecule has 0 unspecified atom stereocenters. The molecule has 0 saturated heterocycles. The van der Waals surface area contributed by atoms with Crippen molar-refractivity contribution in [2.75, 3.05) is 5.32 Å². The molecule has 3 rings (SSSR count). The Kier molecular flexibility index (Phi) is 3.62. The third kappa shape index (κ3) is 2.82. The molecule has 1 saturated carbocycles. The molecule has 1 aliphatic rings. The Labute approximate surface area is 132 Å². The summed E-state index contributed by atoms with van der Waals surface area (Å²) in [6.07, 6.45) is 3.15. The first kappa shape index (κ1) is 14.6. The molecule has 0 aliphatic heterocycles. The van der Waals surface area contributed by atoms with Gasteiger partial charge in [0.15, 0.2) is 5.82 Å². The number of benzene rings is 1. The topological polar surface area (TPSA) is 90.0 Å². The first-order valence-corrected chi connectivity index (χ1v) is 7.27. The molecule has 1 fully saturated rings. The molecule has 0 atom stereocenters. The summed E-state index contributed by atoms with van der Waals surface area (Å²) in [5.74, 6) is -0.197. The van der Waals surface area contributed by atoms with E-state index in [9.17, 15) is 9.59 Å². The summed E-state index contributed by atoms with van der Waals surface area (Å²) in [6.45, 7) is -0.0185. The van der Waals surface area contributed by atoms with Crippen LogP contribution in [0.4, 0.5) is 5.82 Å². The lowest BCUT2D eigenvalue weighted by molar-refractivity contribution is -0.119. The number of carbonyl (C=O) groups excluding carboxylic acids is 2. The molecule has 114 valence electrons. The molecule has 0 radical (unpaired) electrons. The fourth-order valence-corrected chi connectivity index (χ4v) is 2.66. The lowest BCUT2D eigenvalue weighted by Crippen LogP contribution is -2.28. The number of nitrogens with zero attached hydrogens (tertiary/aromatic N) is 2. The number of amides is 2. The molecule has 6 nitrogen and oxygen atoms in total. The first-order chi connectivity index (χ1) is 10.5. The number of aromatic nitrogens is 2. The molecule has 1 aliphatic carbocycles. The molecule has 1 heterocycles. The Morgan fingerprint density at radius 1 is 1.36 bits per heavy atom. The van der Waals surface area contributed by atoms with E-state index in [0.717, 1.165) is 18.4 Å². The molecule has 7 heteroatoms. The number of hydrogen-bond acceptors (Lipinski definition) is 3. The minimum Gasteiger partial charge on any atom is -0.368 e. The van der Waals surface area contributed by atoms with Crippen LogP contribution >= 0.6 is 11.6 Å². The fraction of sp³-hybridized carbons (Fsp3) is 0.267. The average Bonchev–Trinajstić information content (AvgIpc) is 3.16. The van der Waals surface area contributed by atoms with Crippen molar-refractivity contribution in [2.45, 2.75) is 24.8 Å². The zero-order chi connectivity index (χ0) is 15.7. The highest BCUT2D eigenvalue weighted by atomic mass is 35.5. The highest BCUT2D eigenvalue weighted by Gasteiger charge is 2.51. The van der Waals surface area contributed by atoms with E-state index in [1.807, 2.05) is 18.2 Å². The van der Waals surface area contributed by atoms with Crippen LogP contribution < -0.4 is 11.1 Å². The Hall–Kier alpha value is -2.34. The van der Waals surface area contributed by atoms with Gasteiger partial charge in [0.25, 0.3) is 0 Å². The zero-order valence-electron chi connectivity index (χ0n) is 11.8. The van der Waals surface area contributed by atoms with Crippen molar-refractivity contribution < 1.29 is 9.59 Å². The molecule has 0 spiro atoms. The normalized spacial score (nSPS) is 15.3. The molecule has 22 heavy (non-hydrogen) atoms. The number of halogens is 1. The third-order valence-electron chi connectivity index (χ3n) is 3.76. The van der Waals surface area contributed by atoms with Gasteiger partial charge in [-0.05, 0) is 30.5 Å². The second kappa shape index (κ2) is 5.46.